The van der Waals surface area contributed by atoms with Gasteiger partial charge >= 0.3 is 5.97 Å². The first-order valence-corrected chi connectivity index (χ1v) is 13.7. The Hall–Kier alpha value is -2.66. The molecule has 2 aromatic carbocycles. The summed E-state index contributed by atoms with van der Waals surface area (Å²) in [5.41, 5.74) is 2.40. The van der Waals surface area contributed by atoms with Crippen LogP contribution in [0.15, 0.2) is 60.7 Å². The number of aryl methyl sites for hydroxylation is 1. The summed E-state index contributed by atoms with van der Waals surface area (Å²) in [5.74, 6) is -0.262. The molecule has 2 rings (SSSR count). The first kappa shape index (κ1) is 29.6. The molecule has 1 atom stereocenters. The van der Waals surface area contributed by atoms with Crippen LogP contribution in [-0.4, -0.2) is 43.5 Å². The van der Waals surface area contributed by atoms with E-state index in [0.717, 1.165) is 18.4 Å². The minimum atomic E-state index is -0.286. The van der Waals surface area contributed by atoms with Gasteiger partial charge in [0.1, 0.15) is 6.61 Å². The number of carbonyl (C=O) groups excluding carboxylic acids is 2. The summed E-state index contributed by atoms with van der Waals surface area (Å²) < 4.78 is 5.40. The van der Waals surface area contributed by atoms with Gasteiger partial charge in [-0.15, -0.1) is 0 Å². The van der Waals surface area contributed by atoms with Crippen LogP contribution in [-0.2, 0) is 27.4 Å². The normalized spacial score (nSPS) is 11.9. The minimum Gasteiger partial charge on any atom is -0.461 e. The van der Waals surface area contributed by atoms with Crippen molar-refractivity contribution in [1.29, 1.82) is 0 Å². The van der Waals surface area contributed by atoms with Gasteiger partial charge in [-0.05, 0) is 44.5 Å². The molecule has 0 radical (unpaired) electrons. The predicted molar refractivity (Wildman–Crippen MR) is 148 cm³/mol. The summed E-state index contributed by atoms with van der Waals surface area (Å²) in [5, 5.41) is 3.04. The molecule has 0 aliphatic carbocycles. The van der Waals surface area contributed by atoms with Gasteiger partial charge in [-0.1, -0.05) is 106 Å². The van der Waals surface area contributed by atoms with E-state index >= 15 is 0 Å². The van der Waals surface area contributed by atoms with Crippen molar-refractivity contribution in [3.8, 4) is 0 Å². The number of unbranched alkanes of at least 4 members (excludes halogenated alkanes) is 8. The van der Waals surface area contributed by atoms with Gasteiger partial charge in [0.15, 0.2) is 0 Å². The number of hydrogen-bond donors (Lipinski definition) is 1. The number of esters is 1. The third kappa shape index (κ3) is 14.7. The highest BCUT2D eigenvalue weighted by atomic mass is 16.5. The Morgan fingerprint density at radius 1 is 0.750 bits per heavy atom. The molecule has 36 heavy (non-hydrogen) atoms. The summed E-state index contributed by atoms with van der Waals surface area (Å²) >= 11 is 0. The Labute approximate surface area is 218 Å². The zero-order chi connectivity index (χ0) is 25.8. The smallest absolute Gasteiger partial charge is 0.308 e. The van der Waals surface area contributed by atoms with Gasteiger partial charge in [-0.3, -0.25) is 9.59 Å². The van der Waals surface area contributed by atoms with Crippen LogP contribution >= 0.6 is 0 Å². The Balaban J connectivity index is 1.49. The summed E-state index contributed by atoms with van der Waals surface area (Å²) in [6.07, 6.45) is 12.8. The molecule has 0 aliphatic heterocycles. The highest BCUT2D eigenvalue weighted by Gasteiger charge is 2.18. The average Bonchev–Trinajstić information content (AvgIpc) is 2.87. The van der Waals surface area contributed by atoms with Gasteiger partial charge in [0.25, 0.3) is 0 Å². The van der Waals surface area contributed by atoms with Crippen LogP contribution in [0.3, 0.4) is 0 Å². The second-order valence-electron chi connectivity index (χ2n) is 10.0. The van der Waals surface area contributed by atoms with Crippen LogP contribution in [0.25, 0.3) is 0 Å². The second-order valence-corrected chi connectivity index (χ2v) is 10.0. The van der Waals surface area contributed by atoms with Crippen molar-refractivity contribution in [2.75, 3.05) is 20.6 Å². The van der Waals surface area contributed by atoms with E-state index in [1.807, 2.05) is 49.3 Å². The Bertz CT molecular complexity index is 839. The highest BCUT2D eigenvalue weighted by Crippen LogP contribution is 2.13. The predicted octanol–water partition coefficient (Wildman–Crippen LogP) is 6.31. The maximum absolute atomic E-state index is 12.5. The van der Waals surface area contributed by atoms with Crippen LogP contribution in [0, 0.1) is 0 Å². The Morgan fingerprint density at radius 3 is 1.86 bits per heavy atom. The molecule has 0 unspecified atom stereocenters. The van der Waals surface area contributed by atoms with Crippen LogP contribution in [0.2, 0.25) is 0 Å². The van der Waals surface area contributed by atoms with E-state index in [4.69, 9.17) is 4.74 Å². The number of hydrogen-bond acceptors (Lipinski definition) is 4. The quantitative estimate of drug-likeness (QED) is 0.184. The van der Waals surface area contributed by atoms with Crippen molar-refractivity contribution in [3.63, 3.8) is 0 Å². The van der Waals surface area contributed by atoms with Crippen molar-refractivity contribution in [2.24, 2.45) is 0 Å². The van der Waals surface area contributed by atoms with E-state index in [-0.39, 0.29) is 30.9 Å². The lowest BCUT2D eigenvalue weighted by molar-refractivity contribution is -0.145. The number of amides is 1. The fourth-order valence-electron chi connectivity index (χ4n) is 4.40. The maximum atomic E-state index is 12.5. The molecule has 0 saturated carbocycles. The van der Waals surface area contributed by atoms with Crippen molar-refractivity contribution >= 4 is 11.9 Å². The van der Waals surface area contributed by atoms with Gasteiger partial charge in [0.2, 0.25) is 5.91 Å². The van der Waals surface area contributed by atoms with E-state index in [9.17, 15) is 9.59 Å². The molecule has 0 fully saturated rings. The average molecular weight is 495 g/mol. The molecule has 5 nitrogen and oxygen atoms in total. The van der Waals surface area contributed by atoms with Gasteiger partial charge in [-0.2, -0.15) is 0 Å². The lowest BCUT2D eigenvalue weighted by Gasteiger charge is -2.22. The van der Waals surface area contributed by atoms with Crippen molar-refractivity contribution in [1.82, 2.24) is 10.2 Å². The number of benzene rings is 2. The van der Waals surface area contributed by atoms with Gasteiger partial charge in [0.05, 0.1) is 12.5 Å². The number of carbonyl (C=O) groups is 2. The van der Waals surface area contributed by atoms with E-state index in [1.54, 1.807) is 0 Å². The van der Waals surface area contributed by atoms with Crippen LogP contribution in [0.5, 0.6) is 0 Å². The van der Waals surface area contributed by atoms with E-state index in [2.05, 4.69) is 35.6 Å². The first-order chi connectivity index (χ1) is 17.5. The minimum absolute atomic E-state index is 0.0242. The van der Waals surface area contributed by atoms with Crippen LogP contribution in [0.4, 0.5) is 0 Å². The van der Waals surface area contributed by atoms with Crippen molar-refractivity contribution in [3.05, 3.63) is 71.8 Å². The molecule has 0 heterocycles. The van der Waals surface area contributed by atoms with Gasteiger partial charge in [0, 0.05) is 13.0 Å². The molecule has 198 valence electrons. The topological polar surface area (TPSA) is 58.6 Å². The summed E-state index contributed by atoms with van der Waals surface area (Å²) in [6.45, 7) is 0.869. The maximum Gasteiger partial charge on any atom is 0.308 e. The molecular formula is C31H46N2O3. The van der Waals surface area contributed by atoms with E-state index < -0.39 is 0 Å². The fraction of sp³-hybridized carbons (Fsp3) is 0.548. The molecule has 1 amide bonds. The summed E-state index contributed by atoms with van der Waals surface area (Å²) in [4.78, 5) is 26.7. The number of nitrogens with zero attached hydrogens (tertiary/aromatic N) is 1. The molecule has 0 saturated heterocycles. The van der Waals surface area contributed by atoms with E-state index in [0.29, 0.717) is 13.0 Å². The van der Waals surface area contributed by atoms with Gasteiger partial charge in [-0.25, -0.2) is 0 Å². The van der Waals surface area contributed by atoms with Crippen molar-refractivity contribution < 1.29 is 14.3 Å². The second kappa shape index (κ2) is 18.6. The third-order valence-corrected chi connectivity index (χ3v) is 6.32. The molecule has 0 aliphatic rings. The largest absolute Gasteiger partial charge is 0.461 e. The molecule has 2 aromatic rings. The van der Waals surface area contributed by atoms with Crippen LogP contribution in [0.1, 0.15) is 81.8 Å². The SMILES string of the molecule is CN(C)C[C@@H](CC(=O)OCc1ccccc1)NC(=O)CCCCCCCCCCCc1ccccc1. The third-order valence-electron chi connectivity index (χ3n) is 6.32. The lowest BCUT2D eigenvalue weighted by Crippen LogP contribution is -2.43. The molecular weight excluding hydrogens is 448 g/mol. The number of ether oxygens (including phenoxy) is 1. The monoisotopic (exact) mass is 494 g/mol. The van der Waals surface area contributed by atoms with Crippen LogP contribution < -0.4 is 5.32 Å². The molecule has 0 bridgehead atoms. The molecule has 0 aromatic heterocycles. The summed E-state index contributed by atoms with van der Waals surface area (Å²) in [7, 11) is 3.88. The Kier molecular flexibility index (Phi) is 15.3. The fourth-order valence-corrected chi connectivity index (χ4v) is 4.40. The lowest BCUT2D eigenvalue weighted by atomic mass is 10.0. The first-order valence-electron chi connectivity index (χ1n) is 13.7. The number of likely N-dealkylation sites (N-methyl/N-ethyl adjacent to an activating group) is 1. The molecule has 0 spiro atoms. The highest BCUT2D eigenvalue weighted by molar-refractivity contribution is 5.77. The zero-order valence-corrected chi connectivity index (χ0v) is 22.4. The zero-order valence-electron chi connectivity index (χ0n) is 22.4. The van der Waals surface area contributed by atoms with Crippen molar-refractivity contribution in [2.45, 2.75) is 89.7 Å². The number of rotatable bonds is 19. The van der Waals surface area contributed by atoms with E-state index in [1.165, 1.54) is 56.9 Å². The summed E-state index contributed by atoms with van der Waals surface area (Å²) in [6, 6.07) is 20.1. The van der Waals surface area contributed by atoms with Gasteiger partial charge < -0.3 is 15.0 Å². The standard InChI is InChI=1S/C31H46N2O3/c1-33(2)25-29(24-31(35)36-26-28-21-15-11-16-22-28)32-30(34)23-17-9-7-5-3-4-6-8-12-18-27-19-13-10-14-20-27/h10-11,13-16,19-22,29H,3-9,12,17-18,23-26H2,1-2H3,(H,32,34)/t29-/m1/s1. The number of nitrogens with one attached hydrogen (secondary N) is 1. The molecule has 5 heteroatoms. The Morgan fingerprint density at radius 2 is 1.28 bits per heavy atom. The molecule has 1 N–H and O–H groups in total.